The van der Waals surface area contributed by atoms with Crippen molar-refractivity contribution < 1.29 is 15.0 Å². The van der Waals surface area contributed by atoms with E-state index in [-0.39, 0.29) is 23.2 Å². The number of rotatable bonds is 2. The van der Waals surface area contributed by atoms with Crippen molar-refractivity contribution in [3.8, 4) is 11.5 Å². The summed E-state index contributed by atoms with van der Waals surface area (Å²) in [6, 6.07) is 2.78. The van der Waals surface area contributed by atoms with Gasteiger partial charge in [-0.25, -0.2) is 0 Å². The van der Waals surface area contributed by atoms with E-state index in [1.807, 2.05) is 0 Å². The van der Waals surface area contributed by atoms with Crippen molar-refractivity contribution in [1.29, 1.82) is 0 Å². The highest BCUT2D eigenvalue weighted by atomic mass is 16.3. The number of phenols is 2. The maximum atomic E-state index is 11.2. The standard InChI is InChI=1S/C11H14O3/c1-6(8(3)12)10-4-9(13)5-11(14)7(10)2/h4-6,13-14H,1-3H3. The molecule has 2 N–H and O–H groups in total. The molecule has 0 aliphatic heterocycles. The van der Waals surface area contributed by atoms with Crippen LogP contribution in [0.1, 0.15) is 30.9 Å². The van der Waals surface area contributed by atoms with Crippen LogP contribution in [0.15, 0.2) is 12.1 Å². The van der Waals surface area contributed by atoms with Gasteiger partial charge in [-0.15, -0.1) is 0 Å². The number of benzene rings is 1. The second-order valence-electron chi connectivity index (χ2n) is 3.51. The Labute approximate surface area is 83.0 Å². The molecule has 76 valence electrons. The van der Waals surface area contributed by atoms with E-state index >= 15 is 0 Å². The third-order valence-electron chi connectivity index (χ3n) is 2.48. The summed E-state index contributed by atoms with van der Waals surface area (Å²) < 4.78 is 0. The molecule has 0 spiro atoms. The van der Waals surface area contributed by atoms with Gasteiger partial charge in [-0.1, -0.05) is 6.92 Å². The van der Waals surface area contributed by atoms with E-state index in [1.165, 1.54) is 19.1 Å². The molecule has 1 unspecified atom stereocenters. The van der Waals surface area contributed by atoms with Crippen LogP contribution in [0.5, 0.6) is 11.5 Å². The quantitative estimate of drug-likeness (QED) is 0.758. The molecule has 0 amide bonds. The van der Waals surface area contributed by atoms with Crippen molar-refractivity contribution in [1.82, 2.24) is 0 Å². The predicted octanol–water partition coefficient (Wildman–Crippen LogP) is 2.10. The van der Waals surface area contributed by atoms with E-state index in [0.29, 0.717) is 11.1 Å². The van der Waals surface area contributed by atoms with Crippen molar-refractivity contribution in [3.63, 3.8) is 0 Å². The summed E-state index contributed by atoms with van der Waals surface area (Å²) in [6.07, 6.45) is 0. The molecule has 0 bridgehead atoms. The average Bonchev–Trinajstić information content (AvgIpc) is 2.09. The summed E-state index contributed by atoms with van der Waals surface area (Å²) >= 11 is 0. The maximum absolute atomic E-state index is 11.2. The minimum absolute atomic E-state index is 0.0121. The first-order valence-corrected chi connectivity index (χ1v) is 4.46. The second-order valence-corrected chi connectivity index (χ2v) is 3.51. The Morgan fingerprint density at radius 3 is 2.43 bits per heavy atom. The minimum Gasteiger partial charge on any atom is -0.508 e. The van der Waals surface area contributed by atoms with Gasteiger partial charge < -0.3 is 10.2 Å². The maximum Gasteiger partial charge on any atom is 0.137 e. The van der Waals surface area contributed by atoms with E-state index in [0.717, 1.165) is 0 Å². The first kappa shape index (κ1) is 10.6. The van der Waals surface area contributed by atoms with Gasteiger partial charge in [-0.05, 0) is 31.0 Å². The molecule has 3 heteroatoms. The van der Waals surface area contributed by atoms with Crippen LogP contribution < -0.4 is 0 Å². The lowest BCUT2D eigenvalue weighted by Gasteiger charge is -2.13. The first-order valence-electron chi connectivity index (χ1n) is 4.46. The number of carbonyl (C=O) groups excluding carboxylic acids is 1. The fraction of sp³-hybridized carbons (Fsp3) is 0.364. The van der Waals surface area contributed by atoms with Crippen LogP contribution in [-0.4, -0.2) is 16.0 Å². The molecule has 14 heavy (non-hydrogen) atoms. The fourth-order valence-electron chi connectivity index (χ4n) is 1.37. The zero-order chi connectivity index (χ0) is 10.9. The molecule has 1 rings (SSSR count). The summed E-state index contributed by atoms with van der Waals surface area (Å²) in [5.74, 6) is -0.282. The van der Waals surface area contributed by atoms with Crippen LogP contribution in [0, 0.1) is 6.92 Å². The van der Waals surface area contributed by atoms with E-state index in [2.05, 4.69) is 0 Å². The number of hydrogen-bond donors (Lipinski definition) is 2. The number of carbonyl (C=O) groups is 1. The van der Waals surface area contributed by atoms with Crippen molar-refractivity contribution in [2.45, 2.75) is 26.7 Å². The highest BCUT2D eigenvalue weighted by molar-refractivity contribution is 5.83. The number of hydrogen-bond acceptors (Lipinski definition) is 3. The van der Waals surface area contributed by atoms with Gasteiger partial charge in [-0.3, -0.25) is 4.79 Å². The molecule has 0 aliphatic rings. The Kier molecular flexibility index (Phi) is 2.79. The molecule has 0 saturated heterocycles. The van der Waals surface area contributed by atoms with Crippen LogP contribution in [0.2, 0.25) is 0 Å². The Bertz CT molecular complexity index is 369. The lowest BCUT2D eigenvalue weighted by Crippen LogP contribution is -2.06. The van der Waals surface area contributed by atoms with Gasteiger partial charge in [0.1, 0.15) is 17.3 Å². The van der Waals surface area contributed by atoms with E-state index in [1.54, 1.807) is 13.8 Å². The highest BCUT2D eigenvalue weighted by Crippen LogP contribution is 2.31. The van der Waals surface area contributed by atoms with E-state index < -0.39 is 0 Å². The minimum atomic E-state index is -0.298. The molecule has 0 aliphatic carbocycles. The molecule has 1 aromatic rings. The van der Waals surface area contributed by atoms with Crippen LogP contribution in [0.25, 0.3) is 0 Å². The van der Waals surface area contributed by atoms with Crippen molar-refractivity contribution in [2.24, 2.45) is 0 Å². The summed E-state index contributed by atoms with van der Waals surface area (Å²) in [5.41, 5.74) is 1.32. The number of aromatic hydroxyl groups is 2. The Hall–Kier alpha value is -1.51. The second kappa shape index (κ2) is 3.70. The molecule has 3 nitrogen and oxygen atoms in total. The van der Waals surface area contributed by atoms with Gasteiger partial charge in [0.25, 0.3) is 0 Å². The molecule has 0 saturated carbocycles. The fourth-order valence-corrected chi connectivity index (χ4v) is 1.37. The van der Waals surface area contributed by atoms with Crippen LogP contribution in [0.3, 0.4) is 0 Å². The Morgan fingerprint density at radius 2 is 1.93 bits per heavy atom. The molecule has 1 atom stereocenters. The third kappa shape index (κ3) is 1.87. The summed E-state index contributed by atoms with van der Waals surface area (Å²) in [5, 5.41) is 18.7. The predicted molar refractivity (Wildman–Crippen MR) is 53.6 cm³/mol. The lowest BCUT2D eigenvalue weighted by atomic mass is 9.93. The zero-order valence-electron chi connectivity index (χ0n) is 8.53. The largest absolute Gasteiger partial charge is 0.508 e. The number of ketones is 1. The van der Waals surface area contributed by atoms with Crippen LogP contribution in [-0.2, 0) is 4.79 Å². The van der Waals surface area contributed by atoms with Gasteiger partial charge in [0, 0.05) is 12.0 Å². The van der Waals surface area contributed by atoms with Gasteiger partial charge in [0.05, 0.1) is 0 Å². The third-order valence-corrected chi connectivity index (χ3v) is 2.48. The number of phenolic OH excluding ortho intramolecular Hbond substituents is 2. The summed E-state index contributed by atoms with van der Waals surface area (Å²) in [6.45, 7) is 4.97. The molecule has 0 fully saturated rings. The smallest absolute Gasteiger partial charge is 0.137 e. The first-order chi connectivity index (χ1) is 6.43. The van der Waals surface area contributed by atoms with Crippen LogP contribution >= 0.6 is 0 Å². The molecular weight excluding hydrogens is 180 g/mol. The molecular formula is C11H14O3. The van der Waals surface area contributed by atoms with Gasteiger partial charge >= 0.3 is 0 Å². The number of Topliss-reactive ketones (excluding diaryl/α,β-unsaturated/α-hetero) is 1. The van der Waals surface area contributed by atoms with Gasteiger partial charge in [-0.2, -0.15) is 0 Å². The molecule has 0 aromatic heterocycles. The normalized spacial score (nSPS) is 12.5. The topological polar surface area (TPSA) is 57.5 Å². The van der Waals surface area contributed by atoms with Gasteiger partial charge in [0.2, 0.25) is 0 Å². The summed E-state index contributed by atoms with van der Waals surface area (Å²) in [4.78, 5) is 11.2. The lowest BCUT2D eigenvalue weighted by molar-refractivity contribution is -0.118. The van der Waals surface area contributed by atoms with Crippen molar-refractivity contribution in [2.75, 3.05) is 0 Å². The van der Waals surface area contributed by atoms with Crippen molar-refractivity contribution in [3.05, 3.63) is 23.3 Å². The van der Waals surface area contributed by atoms with Crippen molar-refractivity contribution >= 4 is 5.78 Å². The highest BCUT2D eigenvalue weighted by Gasteiger charge is 2.16. The Balaban J connectivity index is 3.26. The molecule has 0 heterocycles. The van der Waals surface area contributed by atoms with Gasteiger partial charge in [0.15, 0.2) is 0 Å². The summed E-state index contributed by atoms with van der Waals surface area (Å²) in [7, 11) is 0. The SMILES string of the molecule is CC(=O)C(C)c1cc(O)cc(O)c1C. The van der Waals surface area contributed by atoms with E-state index in [4.69, 9.17) is 0 Å². The zero-order valence-corrected chi connectivity index (χ0v) is 8.53. The van der Waals surface area contributed by atoms with E-state index in [9.17, 15) is 15.0 Å². The molecule has 0 radical (unpaired) electrons. The monoisotopic (exact) mass is 194 g/mol. The average molecular weight is 194 g/mol. The van der Waals surface area contributed by atoms with Crippen LogP contribution in [0.4, 0.5) is 0 Å². The molecule has 1 aromatic carbocycles. The Morgan fingerprint density at radius 1 is 1.36 bits per heavy atom.